The molecular weight excluding hydrogens is 182 g/mol. The van der Waals surface area contributed by atoms with Gasteiger partial charge in [0.15, 0.2) is 0 Å². The maximum absolute atomic E-state index is 10.1. The van der Waals surface area contributed by atoms with Gasteiger partial charge in [-0.15, -0.1) is 11.8 Å². The standard InChI is InChI=1S/C6H11NO4S/c7-4(1-5(8)9)2-12-3-6(10)11/h4H,1-3,7H2,(H,8,9)(H,10,11). The van der Waals surface area contributed by atoms with E-state index in [0.717, 1.165) is 11.8 Å². The number of hydrogen-bond donors (Lipinski definition) is 3. The Labute approximate surface area is 73.9 Å². The summed E-state index contributed by atoms with van der Waals surface area (Å²) in [5.74, 6) is -1.55. The van der Waals surface area contributed by atoms with Crippen molar-refractivity contribution < 1.29 is 19.8 Å². The molecule has 12 heavy (non-hydrogen) atoms. The van der Waals surface area contributed by atoms with Gasteiger partial charge in [-0.05, 0) is 0 Å². The summed E-state index contributed by atoms with van der Waals surface area (Å²) in [5, 5.41) is 16.5. The first-order chi connectivity index (χ1) is 5.52. The van der Waals surface area contributed by atoms with Crippen molar-refractivity contribution in [2.75, 3.05) is 11.5 Å². The molecule has 0 aromatic heterocycles. The number of hydrogen-bond acceptors (Lipinski definition) is 4. The van der Waals surface area contributed by atoms with Gasteiger partial charge in [0.1, 0.15) is 0 Å². The average molecular weight is 193 g/mol. The largest absolute Gasteiger partial charge is 0.481 e. The molecule has 0 aliphatic heterocycles. The van der Waals surface area contributed by atoms with E-state index >= 15 is 0 Å². The number of carboxylic acid groups (broad SMARTS) is 2. The Morgan fingerprint density at radius 1 is 1.33 bits per heavy atom. The molecule has 0 bridgehead atoms. The number of aliphatic carboxylic acids is 2. The fraction of sp³-hybridized carbons (Fsp3) is 0.667. The molecule has 0 aliphatic carbocycles. The highest BCUT2D eigenvalue weighted by Crippen LogP contribution is 2.03. The van der Waals surface area contributed by atoms with Crippen molar-refractivity contribution >= 4 is 23.7 Å². The van der Waals surface area contributed by atoms with E-state index in [1.54, 1.807) is 0 Å². The van der Waals surface area contributed by atoms with Crippen LogP contribution in [0.25, 0.3) is 0 Å². The molecule has 1 atom stereocenters. The van der Waals surface area contributed by atoms with E-state index in [0.29, 0.717) is 5.75 Å². The smallest absolute Gasteiger partial charge is 0.313 e. The summed E-state index contributed by atoms with van der Waals surface area (Å²) in [6, 6.07) is -0.466. The summed E-state index contributed by atoms with van der Waals surface area (Å²) in [6.45, 7) is 0. The van der Waals surface area contributed by atoms with Crippen molar-refractivity contribution in [2.24, 2.45) is 5.73 Å². The third-order valence-electron chi connectivity index (χ3n) is 0.994. The Balaban J connectivity index is 3.37. The van der Waals surface area contributed by atoms with Crippen LogP contribution < -0.4 is 5.73 Å². The third kappa shape index (κ3) is 7.36. The Morgan fingerprint density at radius 2 is 1.92 bits per heavy atom. The van der Waals surface area contributed by atoms with Gasteiger partial charge in [-0.25, -0.2) is 0 Å². The van der Waals surface area contributed by atoms with Crippen LogP contribution in [0.4, 0.5) is 0 Å². The highest BCUT2D eigenvalue weighted by Gasteiger charge is 2.08. The molecule has 0 saturated heterocycles. The van der Waals surface area contributed by atoms with E-state index in [9.17, 15) is 9.59 Å². The van der Waals surface area contributed by atoms with Crippen molar-refractivity contribution in [3.63, 3.8) is 0 Å². The lowest BCUT2D eigenvalue weighted by atomic mass is 10.2. The van der Waals surface area contributed by atoms with Crippen LogP contribution in [0.3, 0.4) is 0 Å². The van der Waals surface area contributed by atoms with Gasteiger partial charge in [-0.3, -0.25) is 9.59 Å². The maximum atomic E-state index is 10.1. The van der Waals surface area contributed by atoms with E-state index in [-0.39, 0.29) is 12.2 Å². The summed E-state index contributed by atoms with van der Waals surface area (Å²) in [5.41, 5.74) is 5.37. The predicted molar refractivity (Wildman–Crippen MR) is 45.2 cm³/mol. The highest BCUT2D eigenvalue weighted by molar-refractivity contribution is 7.99. The Bertz CT molecular complexity index is 173. The van der Waals surface area contributed by atoms with E-state index < -0.39 is 18.0 Å². The number of carbonyl (C=O) groups is 2. The summed E-state index contributed by atoms with van der Waals surface area (Å²) < 4.78 is 0. The van der Waals surface area contributed by atoms with Crippen LogP contribution in [-0.2, 0) is 9.59 Å². The van der Waals surface area contributed by atoms with E-state index in [1.165, 1.54) is 0 Å². The molecule has 0 heterocycles. The molecule has 0 aliphatic rings. The van der Waals surface area contributed by atoms with Crippen LogP contribution in [-0.4, -0.2) is 39.7 Å². The minimum atomic E-state index is -0.960. The second-order valence-electron chi connectivity index (χ2n) is 2.27. The topological polar surface area (TPSA) is 101 Å². The van der Waals surface area contributed by atoms with Gasteiger partial charge in [0.05, 0.1) is 12.2 Å². The first-order valence-corrected chi connectivity index (χ1v) is 4.44. The predicted octanol–water partition coefficient (Wildman–Crippen LogP) is -0.394. The van der Waals surface area contributed by atoms with Crippen molar-refractivity contribution in [1.29, 1.82) is 0 Å². The molecule has 0 saturated carbocycles. The summed E-state index contributed by atoms with van der Waals surface area (Å²) in [6.07, 6.45) is -0.118. The summed E-state index contributed by atoms with van der Waals surface area (Å²) in [4.78, 5) is 20.1. The molecule has 4 N–H and O–H groups in total. The zero-order valence-electron chi connectivity index (χ0n) is 6.40. The normalized spacial score (nSPS) is 12.4. The van der Waals surface area contributed by atoms with Crippen LogP contribution in [0.2, 0.25) is 0 Å². The molecule has 0 radical (unpaired) electrons. The maximum Gasteiger partial charge on any atom is 0.313 e. The molecular formula is C6H11NO4S. The molecule has 5 nitrogen and oxygen atoms in total. The number of rotatable bonds is 6. The molecule has 0 rings (SSSR count). The first kappa shape index (κ1) is 11.2. The number of thioether (sulfide) groups is 1. The van der Waals surface area contributed by atoms with Gasteiger partial charge >= 0.3 is 11.9 Å². The van der Waals surface area contributed by atoms with Gasteiger partial charge in [0, 0.05) is 11.8 Å². The zero-order valence-corrected chi connectivity index (χ0v) is 7.21. The van der Waals surface area contributed by atoms with Gasteiger partial charge in [0.25, 0.3) is 0 Å². The average Bonchev–Trinajstić information content (AvgIpc) is 1.84. The van der Waals surface area contributed by atoms with Crippen LogP contribution in [0.1, 0.15) is 6.42 Å². The molecule has 0 fully saturated rings. The van der Waals surface area contributed by atoms with Gasteiger partial charge in [-0.2, -0.15) is 0 Å². The van der Waals surface area contributed by atoms with Gasteiger partial charge < -0.3 is 15.9 Å². The molecule has 6 heteroatoms. The third-order valence-corrected chi connectivity index (χ3v) is 2.11. The minimum Gasteiger partial charge on any atom is -0.481 e. The Morgan fingerprint density at radius 3 is 2.33 bits per heavy atom. The zero-order chi connectivity index (χ0) is 9.56. The minimum absolute atomic E-state index is 0.0344. The fourth-order valence-electron chi connectivity index (χ4n) is 0.581. The monoisotopic (exact) mass is 193 g/mol. The van der Waals surface area contributed by atoms with Crippen LogP contribution in [0.15, 0.2) is 0 Å². The van der Waals surface area contributed by atoms with E-state index in [1.807, 2.05) is 0 Å². The SMILES string of the molecule is NC(CSCC(=O)O)CC(=O)O. The quantitative estimate of drug-likeness (QED) is 0.531. The summed E-state index contributed by atoms with van der Waals surface area (Å²) >= 11 is 1.12. The first-order valence-electron chi connectivity index (χ1n) is 3.29. The van der Waals surface area contributed by atoms with E-state index in [2.05, 4.69) is 0 Å². The lowest BCUT2D eigenvalue weighted by molar-refractivity contribution is -0.137. The van der Waals surface area contributed by atoms with Crippen LogP contribution in [0.5, 0.6) is 0 Å². The number of carboxylic acids is 2. The Kier molecular flexibility index (Phi) is 5.48. The molecule has 1 unspecified atom stereocenters. The van der Waals surface area contributed by atoms with Gasteiger partial charge in [0.2, 0.25) is 0 Å². The van der Waals surface area contributed by atoms with Crippen molar-refractivity contribution in [3.8, 4) is 0 Å². The second kappa shape index (κ2) is 5.84. The van der Waals surface area contributed by atoms with Gasteiger partial charge in [-0.1, -0.05) is 0 Å². The number of nitrogens with two attached hydrogens (primary N) is 1. The molecule has 70 valence electrons. The highest BCUT2D eigenvalue weighted by atomic mass is 32.2. The lowest BCUT2D eigenvalue weighted by Gasteiger charge is -2.05. The molecule has 0 spiro atoms. The lowest BCUT2D eigenvalue weighted by Crippen LogP contribution is -2.26. The van der Waals surface area contributed by atoms with Crippen LogP contribution in [0, 0.1) is 0 Å². The molecule has 0 amide bonds. The second-order valence-corrected chi connectivity index (χ2v) is 3.30. The van der Waals surface area contributed by atoms with Crippen molar-refractivity contribution in [2.45, 2.75) is 12.5 Å². The van der Waals surface area contributed by atoms with E-state index in [4.69, 9.17) is 15.9 Å². The van der Waals surface area contributed by atoms with Crippen molar-refractivity contribution in [1.82, 2.24) is 0 Å². The molecule has 0 aromatic carbocycles. The fourth-order valence-corrected chi connectivity index (χ4v) is 1.29. The summed E-state index contributed by atoms with van der Waals surface area (Å²) in [7, 11) is 0. The van der Waals surface area contributed by atoms with Crippen molar-refractivity contribution in [3.05, 3.63) is 0 Å². The Hall–Kier alpha value is -0.750. The van der Waals surface area contributed by atoms with Crippen LogP contribution >= 0.6 is 11.8 Å². The molecule has 0 aromatic rings.